The van der Waals surface area contributed by atoms with Gasteiger partial charge in [-0.05, 0) is 18.2 Å². The second kappa shape index (κ2) is 7.32. The molecule has 0 aliphatic rings. The van der Waals surface area contributed by atoms with Gasteiger partial charge < -0.3 is 4.74 Å². The number of halogens is 1. The summed E-state index contributed by atoms with van der Waals surface area (Å²) in [6.07, 6.45) is 0. The third-order valence-electron chi connectivity index (χ3n) is 3.41. The Hall–Kier alpha value is -2.62. The number of nitrogens with zero attached hydrogens (tertiary/aromatic N) is 1. The molecule has 0 atom stereocenters. The molecule has 6 nitrogen and oxygen atoms in total. The van der Waals surface area contributed by atoms with Crippen LogP contribution in [0.1, 0.15) is 16.1 Å². The predicted octanol–water partition coefficient (Wildman–Crippen LogP) is 2.95. The summed E-state index contributed by atoms with van der Waals surface area (Å²) >= 11 is 1.39. The number of rotatable bonds is 5. The highest BCUT2D eigenvalue weighted by atomic mass is 32.2. The summed E-state index contributed by atoms with van der Waals surface area (Å²) in [5.41, 5.74) is 0.933. The fourth-order valence-corrected chi connectivity index (χ4v) is 3.49. The molecule has 0 unspecified atom stereocenters. The van der Waals surface area contributed by atoms with Gasteiger partial charge in [0.25, 0.3) is 0 Å². The quantitative estimate of drug-likeness (QED) is 0.673. The van der Waals surface area contributed by atoms with Crippen molar-refractivity contribution in [2.24, 2.45) is 5.14 Å². The number of carbonyl (C=O) groups excluding carboxylic acids is 1. The predicted molar refractivity (Wildman–Crippen MR) is 94.4 cm³/mol. The van der Waals surface area contributed by atoms with Crippen LogP contribution in [0.15, 0.2) is 58.8 Å². The van der Waals surface area contributed by atoms with E-state index in [1.807, 2.05) is 30.3 Å². The van der Waals surface area contributed by atoms with Crippen molar-refractivity contribution < 1.29 is 22.3 Å². The maximum absolute atomic E-state index is 13.8. The van der Waals surface area contributed by atoms with Gasteiger partial charge in [0.05, 0.1) is 16.2 Å². The van der Waals surface area contributed by atoms with Crippen molar-refractivity contribution in [3.63, 3.8) is 0 Å². The molecule has 0 amide bonds. The van der Waals surface area contributed by atoms with Crippen LogP contribution in [-0.4, -0.2) is 19.4 Å². The van der Waals surface area contributed by atoms with E-state index in [0.29, 0.717) is 5.69 Å². The van der Waals surface area contributed by atoms with E-state index in [1.165, 1.54) is 11.3 Å². The molecule has 2 N–H and O–H groups in total. The minimum absolute atomic E-state index is 0.165. The largest absolute Gasteiger partial charge is 0.455 e. The van der Waals surface area contributed by atoms with Gasteiger partial charge in [0.2, 0.25) is 10.0 Å². The lowest BCUT2D eigenvalue weighted by Crippen LogP contribution is -2.14. The normalized spacial score (nSPS) is 11.3. The Kier molecular flexibility index (Phi) is 5.12. The van der Waals surface area contributed by atoms with E-state index in [2.05, 4.69) is 4.98 Å². The third kappa shape index (κ3) is 4.13. The van der Waals surface area contributed by atoms with Gasteiger partial charge in [-0.1, -0.05) is 30.3 Å². The molecule has 3 aromatic rings. The second-order valence-corrected chi connectivity index (χ2v) is 7.69. The van der Waals surface area contributed by atoms with Crippen LogP contribution < -0.4 is 5.14 Å². The van der Waals surface area contributed by atoms with Gasteiger partial charge in [0.15, 0.2) is 0 Å². The summed E-state index contributed by atoms with van der Waals surface area (Å²) in [4.78, 5) is 16.1. The molecular formula is C17H13FN2O4S2. The van der Waals surface area contributed by atoms with Crippen LogP contribution in [0.4, 0.5) is 4.39 Å². The lowest BCUT2D eigenvalue weighted by molar-refractivity contribution is 0.0463. The molecule has 0 saturated carbocycles. The number of esters is 1. The van der Waals surface area contributed by atoms with Crippen LogP contribution >= 0.6 is 11.3 Å². The summed E-state index contributed by atoms with van der Waals surface area (Å²) in [5, 5.41) is 7.48. The monoisotopic (exact) mass is 392 g/mol. The van der Waals surface area contributed by atoms with E-state index in [1.54, 1.807) is 5.38 Å². The number of hydrogen-bond acceptors (Lipinski definition) is 6. The summed E-state index contributed by atoms with van der Waals surface area (Å²) in [6.45, 7) is -0.165. The van der Waals surface area contributed by atoms with Crippen LogP contribution in [0, 0.1) is 5.82 Å². The highest BCUT2D eigenvalue weighted by molar-refractivity contribution is 7.89. The first-order chi connectivity index (χ1) is 12.3. The molecular weight excluding hydrogens is 379 g/mol. The van der Waals surface area contributed by atoms with Crippen molar-refractivity contribution in [1.82, 2.24) is 4.98 Å². The maximum atomic E-state index is 13.8. The highest BCUT2D eigenvalue weighted by Gasteiger charge is 2.18. The van der Waals surface area contributed by atoms with E-state index in [0.717, 1.165) is 28.8 Å². The van der Waals surface area contributed by atoms with Gasteiger partial charge in [-0.15, -0.1) is 11.3 Å². The number of thiazole rings is 1. The fourth-order valence-electron chi connectivity index (χ4n) is 2.14. The zero-order chi connectivity index (χ0) is 18.7. The van der Waals surface area contributed by atoms with Crippen molar-refractivity contribution in [3.05, 3.63) is 71.0 Å². The molecule has 0 aliphatic heterocycles. The first-order valence-corrected chi connectivity index (χ1v) is 9.76. The smallest absolute Gasteiger partial charge is 0.341 e. The van der Waals surface area contributed by atoms with E-state index in [-0.39, 0.29) is 11.5 Å². The van der Waals surface area contributed by atoms with Crippen LogP contribution in [0.2, 0.25) is 0 Å². The van der Waals surface area contributed by atoms with E-state index >= 15 is 0 Å². The minimum atomic E-state index is -4.06. The van der Waals surface area contributed by atoms with Gasteiger partial charge in [-0.3, -0.25) is 0 Å². The number of aromatic nitrogens is 1. The summed E-state index contributed by atoms with van der Waals surface area (Å²) < 4.78 is 41.5. The standard InChI is InChI=1S/C17H13FN2O4S2/c18-15-7-6-13(26(19,22)23)8-14(15)17(21)24-9-12-10-25-16(20-12)11-4-2-1-3-5-11/h1-8,10H,9H2,(H2,19,22,23). The molecule has 0 saturated heterocycles. The zero-order valence-electron chi connectivity index (χ0n) is 13.3. The molecule has 0 radical (unpaired) electrons. The molecule has 0 fully saturated rings. The van der Waals surface area contributed by atoms with Gasteiger partial charge in [0.1, 0.15) is 17.4 Å². The molecule has 1 heterocycles. The number of sulfonamides is 1. The Labute approximate surface area is 153 Å². The summed E-state index contributed by atoms with van der Waals surface area (Å²) in [5.74, 6) is -1.90. The van der Waals surface area contributed by atoms with Crippen LogP contribution in [0.25, 0.3) is 10.6 Å². The molecule has 134 valence electrons. The van der Waals surface area contributed by atoms with Gasteiger partial charge in [0, 0.05) is 10.9 Å². The Morgan fingerprint density at radius 3 is 2.62 bits per heavy atom. The summed E-state index contributed by atoms with van der Waals surface area (Å²) in [6, 6.07) is 12.2. The molecule has 0 aliphatic carbocycles. The number of benzene rings is 2. The Morgan fingerprint density at radius 1 is 1.19 bits per heavy atom. The molecule has 2 aromatic carbocycles. The maximum Gasteiger partial charge on any atom is 0.341 e. The van der Waals surface area contributed by atoms with Gasteiger partial charge in [-0.25, -0.2) is 27.7 Å². The van der Waals surface area contributed by atoms with E-state index in [9.17, 15) is 17.6 Å². The number of nitrogens with two attached hydrogens (primary N) is 1. The topological polar surface area (TPSA) is 99.4 Å². The van der Waals surface area contributed by atoms with Crippen molar-refractivity contribution in [2.75, 3.05) is 0 Å². The SMILES string of the molecule is NS(=O)(=O)c1ccc(F)c(C(=O)OCc2csc(-c3ccccc3)n2)c1. The summed E-state index contributed by atoms with van der Waals surface area (Å²) in [7, 11) is -4.06. The number of primary sulfonamides is 1. The molecule has 1 aromatic heterocycles. The third-order valence-corrected chi connectivity index (χ3v) is 5.26. The van der Waals surface area contributed by atoms with Crippen molar-refractivity contribution in [2.45, 2.75) is 11.5 Å². The molecule has 3 rings (SSSR count). The number of carbonyl (C=O) groups is 1. The zero-order valence-corrected chi connectivity index (χ0v) is 14.9. The second-order valence-electron chi connectivity index (χ2n) is 5.27. The van der Waals surface area contributed by atoms with Crippen molar-refractivity contribution >= 4 is 27.3 Å². The fraction of sp³-hybridized carbons (Fsp3) is 0.0588. The van der Waals surface area contributed by atoms with Crippen molar-refractivity contribution in [3.8, 4) is 10.6 Å². The first-order valence-electron chi connectivity index (χ1n) is 7.34. The van der Waals surface area contributed by atoms with E-state index < -0.39 is 27.4 Å². The van der Waals surface area contributed by atoms with Crippen LogP contribution in [0.3, 0.4) is 0 Å². The van der Waals surface area contributed by atoms with Crippen LogP contribution in [-0.2, 0) is 21.4 Å². The molecule has 0 bridgehead atoms. The molecule has 9 heteroatoms. The lowest BCUT2D eigenvalue weighted by atomic mass is 10.2. The van der Waals surface area contributed by atoms with Crippen molar-refractivity contribution in [1.29, 1.82) is 0 Å². The van der Waals surface area contributed by atoms with Gasteiger partial charge in [-0.2, -0.15) is 0 Å². The van der Waals surface area contributed by atoms with Gasteiger partial charge >= 0.3 is 5.97 Å². The Bertz CT molecular complexity index is 1050. The molecule has 0 spiro atoms. The first kappa shape index (κ1) is 18.2. The lowest BCUT2D eigenvalue weighted by Gasteiger charge is -2.06. The van der Waals surface area contributed by atoms with E-state index in [4.69, 9.17) is 9.88 Å². The average molecular weight is 392 g/mol. The molecule has 26 heavy (non-hydrogen) atoms. The minimum Gasteiger partial charge on any atom is -0.455 e. The average Bonchev–Trinajstić information content (AvgIpc) is 3.09. The number of ether oxygens (including phenoxy) is 1. The van der Waals surface area contributed by atoms with Crippen LogP contribution in [0.5, 0.6) is 0 Å². The highest BCUT2D eigenvalue weighted by Crippen LogP contribution is 2.24. The Balaban J connectivity index is 1.73. The Morgan fingerprint density at radius 2 is 1.92 bits per heavy atom. The number of hydrogen-bond donors (Lipinski definition) is 1.